The van der Waals surface area contributed by atoms with Gasteiger partial charge in [0.15, 0.2) is 0 Å². The van der Waals surface area contributed by atoms with E-state index < -0.39 is 5.97 Å². The molecule has 4 nitrogen and oxygen atoms in total. The predicted molar refractivity (Wildman–Crippen MR) is 51.9 cm³/mol. The molecule has 1 rings (SSSR count). The fraction of sp³-hybridized carbons (Fsp3) is 0.600. The summed E-state index contributed by atoms with van der Waals surface area (Å²) in [6.45, 7) is 5.28. The maximum Gasteiger partial charge on any atom is 0.306 e. The zero-order valence-electron chi connectivity index (χ0n) is 8.36. The average Bonchev–Trinajstić information content (AvgIpc) is 2.47. The molecule has 0 radical (unpaired) electrons. The van der Waals surface area contributed by atoms with Crippen molar-refractivity contribution in [3.8, 4) is 0 Å². The first kappa shape index (κ1) is 12.7. The molecule has 1 aliphatic heterocycles. The summed E-state index contributed by atoms with van der Waals surface area (Å²) in [4.78, 5) is 19.9. The molecule has 14 heavy (non-hydrogen) atoms. The number of carboxylic acid groups (broad SMARTS) is 1. The highest BCUT2D eigenvalue weighted by Gasteiger charge is 2.17. The number of aliphatic carboxylic acids is 1. The Morgan fingerprint density at radius 2 is 2.43 bits per heavy atom. The lowest BCUT2D eigenvalue weighted by molar-refractivity contribution is -0.141. The molecular formula is C10H16O4. The molecule has 0 bridgehead atoms. The van der Waals surface area contributed by atoms with Gasteiger partial charge in [-0.2, -0.15) is 0 Å². The van der Waals surface area contributed by atoms with Gasteiger partial charge in [-0.15, -0.1) is 6.58 Å². The van der Waals surface area contributed by atoms with E-state index in [0.717, 1.165) is 6.42 Å². The number of esters is 1. The summed E-state index contributed by atoms with van der Waals surface area (Å²) in [5, 5.41) is 8.00. The summed E-state index contributed by atoms with van der Waals surface area (Å²) in [5.41, 5.74) is 0. The predicted octanol–water partition coefficient (Wildman–Crippen LogP) is 1.75. The quantitative estimate of drug-likeness (QED) is 0.556. The molecule has 1 unspecified atom stereocenters. The molecule has 1 atom stereocenters. The van der Waals surface area contributed by atoms with Crippen molar-refractivity contribution in [1.82, 2.24) is 0 Å². The summed E-state index contributed by atoms with van der Waals surface area (Å²) >= 11 is 0. The Morgan fingerprint density at radius 3 is 2.57 bits per heavy atom. The third-order valence-corrected chi connectivity index (χ3v) is 1.65. The Labute approximate surface area is 83.6 Å². The summed E-state index contributed by atoms with van der Waals surface area (Å²) in [5.74, 6) is -0.813. The van der Waals surface area contributed by atoms with Crippen LogP contribution in [0.25, 0.3) is 0 Å². The number of carbonyl (C=O) groups excluding carboxylic acids is 1. The number of carboxylic acids is 1. The highest BCUT2D eigenvalue weighted by atomic mass is 16.5. The van der Waals surface area contributed by atoms with Gasteiger partial charge in [0, 0.05) is 12.8 Å². The second-order valence-corrected chi connectivity index (χ2v) is 3.06. The third-order valence-electron chi connectivity index (χ3n) is 1.65. The Morgan fingerprint density at radius 1 is 1.79 bits per heavy atom. The maximum atomic E-state index is 10.2. The van der Waals surface area contributed by atoms with Gasteiger partial charge in [-0.1, -0.05) is 6.08 Å². The molecule has 80 valence electrons. The molecular weight excluding hydrogens is 184 g/mol. The van der Waals surface area contributed by atoms with E-state index in [4.69, 9.17) is 9.84 Å². The summed E-state index contributed by atoms with van der Waals surface area (Å²) in [6.07, 6.45) is 4.04. The third kappa shape index (κ3) is 7.34. The molecule has 0 amide bonds. The molecule has 0 aromatic carbocycles. The topological polar surface area (TPSA) is 63.6 Å². The molecule has 1 heterocycles. The van der Waals surface area contributed by atoms with Crippen molar-refractivity contribution >= 4 is 11.9 Å². The number of ether oxygens (including phenoxy) is 1. The van der Waals surface area contributed by atoms with Crippen molar-refractivity contribution in [2.24, 2.45) is 0 Å². The molecule has 0 aromatic heterocycles. The first-order valence-electron chi connectivity index (χ1n) is 4.58. The molecule has 1 aliphatic rings. The molecule has 1 fully saturated rings. The van der Waals surface area contributed by atoms with Crippen molar-refractivity contribution in [2.75, 3.05) is 0 Å². The lowest BCUT2D eigenvalue weighted by Crippen LogP contribution is -1.98. The van der Waals surface area contributed by atoms with Gasteiger partial charge < -0.3 is 9.84 Å². The SMILES string of the molecule is C=CCCC(=O)O.CC1CCC(=O)O1. The molecule has 0 aromatic rings. The van der Waals surface area contributed by atoms with E-state index in [1.807, 2.05) is 6.92 Å². The second-order valence-electron chi connectivity index (χ2n) is 3.06. The van der Waals surface area contributed by atoms with Gasteiger partial charge >= 0.3 is 11.9 Å². The first-order valence-corrected chi connectivity index (χ1v) is 4.58. The Kier molecular flexibility index (Phi) is 6.45. The monoisotopic (exact) mass is 200 g/mol. The van der Waals surface area contributed by atoms with Crippen LogP contribution >= 0.6 is 0 Å². The average molecular weight is 200 g/mol. The van der Waals surface area contributed by atoms with Crippen molar-refractivity contribution in [3.05, 3.63) is 12.7 Å². The smallest absolute Gasteiger partial charge is 0.306 e. The molecule has 0 aliphatic carbocycles. The Balaban J connectivity index is 0.000000241. The second kappa shape index (κ2) is 7.12. The van der Waals surface area contributed by atoms with E-state index in [-0.39, 0.29) is 18.5 Å². The number of hydrogen-bond acceptors (Lipinski definition) is 3. The van der Waals surface area contributed by atoms with E-state index >= 15 is 0 Å². The fourth-order valence-corrected chi connectivity index (χ4v) is 0.889. The molecule has 4 heteroatoms. The van der Waals surface area contributed by atoms with Gasteiger partial charge in [0.25, 0.3) is 0 Å². The van der Waals surface area contributed by atoms with Crippen LogP contribution in [0.15, 0.2) is 12.7 Å². The van der Waals surface area contributed by atoms with Gasteiger partial charge in [-0.05, 0) is 19.8 Å². The van der Waals surface area contributed by atoms with Gasteiger partial charge in [0.05, 0.1) is 6.10 Å². The van der Waals surface area contributed by atoms with E-state index in [2.05, 4.69) is 6.58 Å². The van der Waals surface area contributed by atoms with Gasteiger partial charge in [0.2, 0.25) is 0 Å². The number of rotatable bonds is 3. The van der Waals surface area contributed by atoms with Gasteiger partial charge in [-0.25, -0.2) is 0 Å². The first-order chi connectivity index (χ1) is 6.56. The van der Waals surface area contributed by atoms with Gasteiger partial charge in [0.1, 0.15) is 0 Å². The lowest BCUT2D eigenvalue weighted by Gasteiger charge is -1.95. The van der Waals surface area contributed by atoms with Crippen LogP contribution in [-0.2, 0) is 14.3 Å². The Bertz CT molecular complexity index is 210. The van der Waals surface area contributed by atoms with Crippen molar-refractivity contribution in [2.45, 2.75) is 38.7 Å². The Hall–Kier alpha value is -1.32. The molecule has 1 saturated heterocycles. The van der Waals surface area contributed by atoms with Crippen molar-refractivity contribution < 1.29 is 19.4 Å². The van der Waals surface area contributed by atoms with Crippen LogP contribution in [-0.4, -0.2) is 23.1 Å². The summed E-state index contributed by atoms with van der Waals surface area (Å²) in [7, 11) is 0. The number of carbonyl (C=O) groups is 2. The van der Waals surface area contributed by atoms with Crippen LogP contribution in [0.4, 0.5) is 0 Å². The van der Waals surface area contributed by atoms with Crippen molar-refractivity contribution in [1.29, 1.82) is 0 Å². The molecule has 0 spiro atoms. The highest BCUT2D eigenvalue weighted by Crippen LogP contribution is 2.11. The standard InChI is InChI=1S/2C5H8O2/c1-4-2-3-5(6)7-4;1-2-3-4-5(6)7/h4H,2-3H2,1H3;2H,1,3-4H2,(H,6,7). The summed E-state index contributed by atoms with van der Waals surface area (Å²) < 4.78 is 4.72. The van der Waals surface area contributed by atoms with Crippen LogP contribution in [0.2, 0.25) is 0 Å². The largest absolute Gasteiger partial charge is 0.481 e. The van der Waals surface area contributed by atoms with E-state index in [9.17, 15) is 9.59 Å². The summed E-state index contributed by atoms with van der Waals surface area (Å²) in [6, 6.07) is 0. The lowest BCUT2D eigenvalue weighted by atomic mass is 10.3. The van der Waals surface area contributed by atoms with E-state index in [0.29, 0.717) is 12.8 Å². The molecule has 0 saturated carbocycles. The van der Waals surface area contributed by atoms with Gasteiger partial charge in [-0.3, -0.25) is 9.59 Å². The normalized spacial score (nSPS) is 19.2. The fourth-order valence-electron chi connectivity index (χ4n) is 0.889. The van der Waals surface area contributed by atoms with E-state index in [1.165, 1.54) is 0 Å². The number of cyclic esters (lactones) is 1. The number of allylic oxidation sites excluding steroid dienone is 1. The maximum absolute atomic E-state index is 10.2. The minimum atomic E-state index is -0.764. The van der Waals surface area contributed by atoms with Crippen molar-refractivity contribution in [3.63, 3.8) is 0 Å². The number of hydrogen-bond donors (Lipinski definition) is 1. The van der Waals surface area contributed by atoms with E-state index in [1.54, 1.807) is 6.08 Å². The van der Waals surface area contributed by atoms with Crippen LogP contribution in [0.3, 0.4) is 0 Å². The van der Waals surface area contributed by atoms with Crippen LogP contribution in [0, 0.1) is 0 Å². The zero-order chi connectivity index (χ0) is 11.0. The van der Waals surface area contributed by atoms with Crippen LogP contribution < -0.4 is 0 Å². The zero-order valence-corrected chi connectivity index (χ0v) is 8.36. The minimum Gasteiger partial charge on any atom is -0.481 e. The van der Waals surface area contributed by atoms with Crippen LogP contribution in [0.5, 0.6) is 0 Å². The minimum absolute atomic E-state index is 0.0486. The van der Waals surface area contributed by atoms with Crippen LogP contribution in [0.1, 0.15) is 32.6 Å². The highest BCUT2D eigenvalue weighted by molar-refractivity contribution is 5.71. The molecule has 1 N–H and O–H groups in total.